The van der Waals surface area contributed by atoms with Crippen molar-refractivity contribution in [2.24, 2.45) is 0 Å². The molecule has 1 aliphatic rings. The Morgan fingerprint density at radius 2 is 0.979 bits per heavy atom. The number of hydrogen-bond donors (Lipinski definition) is 0. The molecule has 3 nitrogen and oxygen atoms in total. The maximum atomic E-state index is 5.37. The fourth-order valence-electron chi connectivity index (χ4n) is 8.08. The zero-order valence-corrected chi connectivity index (χ0v) is 26.1. The standard InChI is InChI=1S/C45H29N3/c1-3-15-30(16-4-1)43-44(47-40-25-13-12-24-39(40)46-43)48-41-26-14-9-21-35(41)36-28-27-32(29-42(36)48)45(31-17-5-2-6-18-31)37-22-10-7-19-33(37)34-20-8-11-23-38(34)45/h1-29H. The van der Waals surface area contributed by atoms with Gasteiger partial charge in [-0.25, -0.2) is 9.97 Å². The maximum Gasteiger partial charge on any atom is 0.165 e. The molecule has 0 amide bonds. The number of aromatic nitrogens is 3. The molecule has 224 valence electrons. The first-order valence-electron chi connectivity index (χ1n) is 16.4. The van der Waals surface area contributed by atoms with Crippen molar-refractivity contribution in [2.75, 3.05) is 0 Å². The second kappa shape index (κ2) is 10.3. The summed E-state index contributed by atoms with van der Waals surface area (Å²) in [4.78, 5) is 10.6. The summed E-state index contributed by atoms with van der Waals surface area (Å²) >= 11 is 0. The van der Waals surface area contributed by atoms with E-state index in [0.717, 1.165) is 39.1 Å². The van der Waals surface area contributed by atoms with Gasteiger partial charge in [0.2, 0.25) is 0 Å². The molecular formula is C45H29N3. The van der Waals surface area contributed by atoms with E-state index in [1.54, 1.807) is 0 Å². The van der Waals surface area contributed by atoms with Gasteiger partial charge in [-0.2, -0.15) is 0 Å². The summed E-state index contributed by atoms with van der Waals surface area (Å²) in [5, 5.41) is 2.38. The van der Waals surface area contributed by atoms with E-state index < -0.39 is 5.41 Å². The molecule has 0 unspecified atom stereocenters. The zero-order chi connectivity index (χ0) is 31.7. The quantitative estimate of drug-likeness (QED) is 0.198. The van der Waals surface area contributed by atoms with Crippen LogP contribution in [0.15, 0.2) is 176 Å². The third kappa shape index (κ3) is 3.70. The molecule has 0 N–H and O–H groups in total. The van der Waals surface area contributed by atoms with Crippen molar-refractivity contribution < 1.29 is 0 Å². The van der Waals surface area contributed by atoms with Gasteiger partial charge in [-0.1, -0.05) is 152 Å². The average Bonchev–Trinajstić information content (AvgIpc) is 3.65. The summed E-state index contributed by atoms with van der Waals surface area (Å²) < 4.78 is 2.33. The number of nitrogens with zero attached hydrogens (tertiary/aromatic N) is 3. The molecule has 48 heavy (non-hydrogen) atoms. The zero-order valence-electron chi connectivity index (χ0n) is 26.1. The Labute approximate surface area is 278 Å². The predicted molar refractivity (Wildman–Crippen MR) is 197 cm³/mol. The number of fused-ring (bicyclic) bond motifs is 7. The van der Waals surface area contributed by atoms with Crippen LogP contribution < -0.4 is 0 Å². The van der Waals surface area contributed by atoms with E-state index in [1.165, 1.54) is 44.2 Å². The Balaban J connectivity index is 1.35. The summed E-state index contributed by atoms with van der Waals surface area (Å²) in [5.41, 5.74) is 13.0. The summed E-state index contributed by atoms with van der Waals surface area (Å²) in [7, 11) is 0. The molecule has 10 rings (SSSR count). The van der Waals surface area contributed by atoms with Gasteiger partial charge in [0, 0.05) is 16.3 Å². The first-order chi connectivity index (χ1) is 23.8. The third-order valence-corrected chi connectivity index (χ3v) is 10.1. The molecule has 0 radical (unpaired) electrons. The second-order valence-electron chi connectivity index (χ2n) is 12.5. The molecule has 0 atom stereocenters. The highest BCUT2D eigenvalue weighted by Crippen LogP contribution is 2.56. The molecule has 0 aliphatic heterocycles. The Kier molecular flexibility index (Phi) is 5.79. The van der Waals surface area contributed by atoms with Gasteiger partial charge in [0.1, 0.15) is 5.69 Å². The fraction of sp³-hybridized carbons (Fsp3) is 0.0222. The molecule has 0 saturated carbocycles. The highest BCUT2D eigenvalue weighted by molar-refractivity contribution is 6.10. The highest BCUT2D eigenvalue weighted by Gasteiger charge is 2.46. The molecule has 0 bridgehead atoms. The molecular weight excluding hydrogens is 583 g/mol. The van der Waals surface area contributed by atoms with Crippen molar-refractivity contribution >= 4 is 32.8 Å². The van der Waals surface area contributed by atoms with Gasteiger partial charge in [0.05, 0.1) is 27.5 Å². The topological polar surface area (TPSA) is 30.7 Å². The third-order valence-electron chi connectivity index (χ3n) is 10.1. The number of hydrogen-bond acceptors (Lipinski definition) is 2. The van der Waals surface area contributed by atoms with Crippen molar-refractivity contribution in [3.63, 3.8) is 0 Å². The van der Waals surface area contributed by atoms with Crippen LogP contribution in [0.4, 0.5) is 0 Å². The normalized spacial score (nSPS) is 13.2. The van der Waals surface area contributed by atoms with Crippen LogP contribution in [0.2, 0.25) is 0 Å². The van der Waals surface area contributed by atoms with Crippen molar-refractivity contribution in [3.05, 3.63) is 198 Å². The Morgan fingerprint density at radius 3 is 1.71 bits per heavy atom. The molecule has 3 heteroatoms. The lowest BCUT2D eigenvalue weighted by Crippen LogP contribution is -2.28. The van der Waals surface area contributed by atoms with Crippen molar-refractivity contribution in [1.29, 1.82) is 0 Å². The molecule has 2 heterocycles. The van der Waals surface area contributed by atoms with Crippen LogP contribution in [0.1, 0.15) is 22.3 Å². The second-order valence-corrected chi connectivity index (χ2v) is 12.5. The Morgan fingerprint density at radius 1 is 0.417 bits per heavy atom. The largest absolute Gasteiger partial charge is 0.292 e. The maximum absolute atomic E-state index is 5.37. The van der Waals surface area contributed by atoms with Crippen LogP contribution >= 0.6 is 0 Å². The molecule has 0 saturated heterocycles. The molecule has 0 spiro atoms. The fourth-order valence-corrected chi connectivity index (χ4v) is 8.08. The van der Waals surface area contributed by atoms with E-state index in [9.17, 15) is 0 Å². The van der Waals surface area contributed by atoms with Crippen LogP contribution in [-0.2, 0) is 5.41 Å². The lowest BCUT2D eigenvalue weighted by atomic mass is 9.67. The number of rotatable bonds is 4. The number of benzene rings is 7. The lowest BCUT2D eigenvalue weighted by molar-refractivity contribution is 0.769. The molecule has 7 aromatic carbocycles. The minimum atomic E-state index is -0.499. The van der Waals surface area contributed by atoms with Crippen LogP contribution in [-0.4, -0.2) is 14.5 Å². The number of para-hydroxylation sites is 3. The summed E-state index contributed by atoms with van der Waals surface area (Å²) in [6.07, 6.45) is 0. The lowest BCUT2D eigenvalue weighted by Gasteiger charge is -2.34. The molecule has 0 fully saturated rings. The first-order valence-corrected chi connectivity index (χ1v) is 16.4. The predicted octanol–water partition coefficient (Wildman–Crippen LogP) is 10.8. The molecule has 2 aromatic heterocycles. The van der Waals surface area contributed by atoms with E-state index >= 15 is 0 Å². The van der Waals surface area contributed by atoms with Gasteiger partial charge < -0.3 is 0 Å². The minimum Gasteiger partial charge on any atom is -0.292 e. The summed E-state index contributed by atoms with van der Waals surface area (Å²) in [6.45, 7) is 0. The summed E-state index contributed by atoms with van der Waals surface area (Å²) in [5.74, 6) is 0.823. The summed E-state index contributed by atoms with van der Waals surface area (Å²) in [6, 6.07) is 63.1. The van der Waals surface area contributed by atoms with Gasteiger partial charge >= 0.3 is 0 Å². The van der Waals surface area contributed by atoms with E-state index in [2.05, 4.69) is 156 Å². The van der Waals surface area contributed by atoms with Gasteiger partial charge in [-0.3, -0.25) is 4.57 Å². The first kappa shape index (κ1) is 26.9. The van der Waals surface area contributed by atoms with Gasteiger partial charge in [0.25, 0.3) is 0 Å². The van der Waals surface area contributed by atoms with Crippen molar-refractivity contribution in [2.45, 2.75) is 5.41 Å². The van der Waals surface area contributed by atoms with Crippen LogP contribution in [0.5, 0.6) is 0 Å². The van der Waals surface area contributed by atoms with E-state index in [-0.39, 0.29) is 0 Å². The van der Waals surface area contributed by atoms with Crippen LogP contribution in [0.3, 0.4) is 0 Å². The smallest absolute Gasteiger partial charge is 0.165 e. The Hall–Kier alpha value is -6.32. The average molecular weight is 612 g/mol. The van der Waals surface area contributed by atoms with Gasteiger partial charge in [-0.05, 0) is 57.6 Å². The SMILES string of the molecule is c1ccc(-c2nc3ccccc3nc2-n2c3ccccc3c3ccc(C4(c5ccccc5)c5ccccc5-c5ccccc54)cc32)cc1. The van der Waals surface area contributed by atoms with Crippen LogP contribution in [0, 0.1) is 0 Å². The monoisotopic (exact) mass is 611 g/mol. The van der Waals surface area contributed by atoms with Crippen LogP contribution in [0.25, 0.3) is 61.0 Å². The molecule has 1 aliphatic carbocycles. The Bertz CT molecular complexity index is 2630. The van der Waals surface area contributed by atoms with E-state index in [1.807, 2.05) is 24.3 Å². The van der Waals surface area contributed by atoms with Crippen molar-refractivity contribution in [1.82, 2.24) is 14.5 Å². The highest BCUT2D eigenvalue weighted by atomic mass is 15.1. The van der Waals surface area contributed by atoms with Crippen molar-refractivity contribution in [3.8, 4) is 28.2 Å². The minimum absolute atomic E-state index is 0.499. The molecule has 9 aromatic rings. The van der Waals surface area contributed by atoms with Gasteiger partial charge in [0.15, 0.2) is 5.82 Å². The van der Waals surface area contributed by atoms with E-state index in [0.29, 0.717) is 0 Å². The van der Waals surface area contributed by atoms with Gasteiger partial charge in [-0.15, -0.1) is 0 Å². The van der Waals surface area contributed by atoms with E-state index in [4.69, 9.17) is 9.97 Å².